The largest absolute Gasteiger partial charge is 0.493 e. The summed E-state index contributed by atoms with van der Waals surface area (Å²) < 4.78 is 5.93. The van der Waals surface area contributed by atoms with E-state index in [0.717, 1.165) is 25.3 Å². The molecular formula is C17H19NO. The van der Waals surface area contributed by atoms with Crippen LogP contribution in [0.3, 0.4) is 0 Å². The second-order valence-corrected chi connectivity index (χ2v) is 5.12. The van der Waals surface area contributed by atoms with Crippen LogP contribution in [-0.4, -0.2) is 13.2 Å². The number of para-hydroxylation sites is 1. The third-order valence-electron chi connectivity index (χ3n) is 3.68. The highest BCUT2D eigenvalue weighted by Crippen LogP contribution is 2.31. The Morgan fingerprint density at radius 2 is 1.89 bits per heavy atom. The second-order valence-electron chi connectivity index (χ2n) is 5.12. The predicted octanol–water partition coefficient (Wildman–Crippen LogP) is 3.97. The Morgan fingerprint density at radius 3 is 2.74 bits per heavy atom. The van der Waals surface area contributed by atoms with Crippen LogP contribution in [0.25, 0.3) is 0 Å². The molecule has 98 valence electrons. The van der Waals surface area contributed by atoms with Crippen LogP contribution in [0.4, 0.5) is 5.69 Å². The molecule has 0 spiro atoms. The summed E-state index contributed by atoms with van der Waals surface area (Å²) >= 11 is 0. The average molecular weight is 253 g/mol. The Bertz CT molecular complexity index is 547. The summed E-state index contributed by atoms with van der Waals surface area (Å²) in [7, 11) is 0. The van der Waals surface area contributed by atoms with Gasteiger partial charge in [-0.1, -0.05) is 35.9 Å². The van der Waals surface area contributed by atoms with E-state index in [9.17, 15) is 0 Å². The number of anilines is 1. The van der Waals surface area contributed by atoms with Crippen LogP contribution >= 0.6 is 0 Å². The van der Waals surface area contributed by atoms with Gasteiger partial charge in [-0.25, -0.2) is 0 Å². The molecule has 2 heteroatoms. The molecule has 1 N–H and O–H groups in total. The van der Waals surface area contributed by atoms with Crippen LogP contribution in [0.2, 0.25) is 0 Å². The lowest BCUT2D eigenvalue weighted by Crippen LogP contribution is -2.21. The van der Waals surface area contributed by atoms with Crippen LogP contribution in [0.1, 0.15) is 23.5 Å². The van der Waals surface area contributed by atoms with E-state index in [4.69, 9.17) is 4.74 Å². The molecule has 0 fully saturated rings. The normalized spacial score (nSPS) is 17.4. The molecule has 1 aliphatic heterocycles. The van der Waals surface area contributed by atoms with Crippen LogP contribution < -0.4 is 10.1 Å². The molecule has 19 heavy (non-hydrogen) atoms. The summed E-state index contributed by atoms with van der Waals surface area (Å²) in [6.07, 6.45) is 1.13. The third-order valence-corrected chi connectivity index (χ3v) is 3.68. The van der Waals surface area contributed by atoms with Crippen LogP contribution in [0, 0.1) is 6.92 Å². The Hall–Kier alpha value is -1.96. The molecule has 0 saturated carbocycles. The molecule has 2 aromatic rings. The molecular weight excluding hydrogens is 234 g/mol. The molecule has 0 amide bonds. The number of nitrogens with one attached hydrogen (secondary N) is 1. The predicted molar refractivity (Wildman–Crippen MR) is 79.0 cm³/mol. The fraction of sp³-hybridized carbons (Fsp3) is 0.294. The van der Waals surface area contributed by atoms with Crippen molar-refractivity contribution in [1.82, 2.24) is 0 Å². The maximum absolute atomic E-state index is 5.93. The van der Waals surface area contributed by atoms with E-state index in [2.05, 4.69) is 48.6 Å². The highest BCUT2D eigenvalue weighted by molar-refractivity contribution is 5.54. The summed E-state index contributed by atoms with van der Waals surface area (Å²) in [6.45, 7) is 3.87. The van der Waals surface area contributed by atoms with Crippen molar-refractivity contribution >= 4 is 5.69 Å². The number of ether oxygens (including phenoxy) is 1. The Labute approximate surface area is 114 Å². The summed E-state index contributed by atoms with van der Waals surface area (Å²) in [5.41, 5.74) is 3.90. The summed E-state index contributed by atoms with van der Waals surface area (Å²) in [5.74, 6) is 1.44. The first-order valence-electron chi connectivity index (χ1n) is 6.85. The van der Waals surface area contributed by atoms with Gasteiger partial charge >= 0.3 is 0 Å². The zero-order chi connectivity index (χ0) is 13.1. The van der Waals surface area contributed by atoms with E-state index < -0.39 is 0 Å². The van der Waals surface area contributed by atoms with Gasteiger partial charge in [-0.15, -0.1) is 0 Å². The van der Waals surface area contributed by atoms with E-state index >= 15 is 0 Å². The lowest BCUT2D eigenvalue weighted by atomic mass is 9.92. The van der Waals surface area contributed by atoms with Crippen molar-refractivity contribution in [3.8, 4) is 5.75 Å². The van der Waals surface area contributed by atoms with E-state index in [1.165, 1.54) is 16.8 Å². The van der Waals surface area contributed by atoms with E-state index in [1.54, 1.807) is 0 Å². The lowest BCUT2D eigenvalue weighted by molar-refractivity contribution is 0.282. The molecule has 0 aromatic heterocycles. The highest BCUT2D eigenvalue weighted by Gasteiger charge is 2.19. The molecule has 0 bridgehead atoms. The van der Waals surface area contributed by atoms with Crippen LogP contribution in [0.15, 0.2) is 48.5 Å². The molecule has 2 aromatic carbocycles. The van der Waals surface area contributed by atoms with Gasteiger partial charge < -0.3 is 10.1 Å². The van der Waals surface area contributed by atoms with Crippen molar-refractivity contribution in [2.75, 3.05) is 18.5 Å². The minimum atomic E-state index is 0.485. The first-order valence-corrected chi connectivity index (χ1v) is 6.85. The topological polar surface area (TPSA) is 21.3 Å². The monoisotopic (exact) mass is 253 g/mol. The Kier molecular flexibility index (Phi) is 3.41. The summed E-state index contributed by atoms with van der Waals surface area (Å²) in [5, 5.41) is 3.44. The van der Waals surface area contributed by atoms with Crippen LogP contribution in [0.5, 0.6) is 5.75 Å². The van der Waals surface area contributed by atoms with Gasteiger partial charge in [0.1, 0.15) is 5.75 Å². The molecule has 1 atom stereocenters. The molecule has 0 aliphatic carbocycles. The fourth-order valence-electron chi connectivity index (χ4n) is 2.55. The second kappa shape index (κ2) is 5.35. The first kappa shape index (κ1) is 12.1. The fourth-order valence-corrected chi connectivity index (χ4v) is 2.55. The SMILES string of the molecule is Cc1ccc(OCC2CCNc3ccccc32)cc1. The van der Waals surface area contributed by atoms with Gasteiger partial charge in [-0.05, 0) is 37.1 Å². The molecule has 3 rings (SSSR count). The Balaban J connectivity index is 1.69. The van der Waals surface area contributed by atoms with Gasteiger partial charge in [-0.3, -0.25) is 0 Å². The van der Waals surface area contributed by atoms with E-state index in [0.29, 0.717) is 5.92 Å². The van der Waals surface area contributed by atoms with Gasteiger partial charge in [0.25, 0.3) is 0 Å². The van der Waals surface area contributed by atoms with Crippen molar-refractivity contribution in [1.29, 1.82) is 0 Å². The number of fused-ring (bicyclic) bond motifs is 1. The molecule has 2 nitrogen and oxygen atoms in total. The van der Waals surface area contributed by atoms with Gasteiger partial charge in [0, 0.05) is 18.2 Å². The zero-order valence-corrected chi connectivity index (χ0v) is 11.2. The van der Waals surface area contributed by atoms with Crippen molar-refractivity contribution in [2.45, 2.75) is 19.3 Å². The van der Waals surface area contributed by atoms with Crippen molar-refractivity contribution in [3.63, 3.8) is 0 Å². The number of aryl methyl sites for hydroxylation is 1. The van der Waals surface area contributed by atoms with Crippen molar-refractivity contribution in [3.05, 3.63) is 59.7 Å². The van der Waals surface area contributed by atoms with Crippen molar-refractivity contribution in [2.24, 2.45) is 0 Å². The molecule has 1 heterocycles. The average Bonchev–Trinajstić information content (AvgIpc) is 2.47. The molecule has 1 aliphatic rings. The zero-order valence-electron chi connectivity index (χ0n) is 11.2. The maximum atomic E-state index is 5.93. The summed E-state index contributed by atoms with van der Waals surface area (Å²) in [6, 6.07) is 16.8. The van der Waals surface area contributed by atoms with Gasteiger partial charge in [0.15, 0.2) is 0 Å². The lowest BCUT2D eigenvalue weighted by Gasteiger charge is -2.26. The first-order chi connectivity index (χ1) is 9.33. The third kappa shape index (κ3) is 2.73. The van der Waals surface area contributed by atoms with Crippen molar-refractivity contribution < 1.29 is 4.74 Å². The molecule has 0 saturated heterocycles. The number of hydrogen-bond acceptors (Lipinski definition) is 2. The van der Waals surface area contributed by atoms with Gasteiger partial charge in [-0.2, -0.15) is 0 Å². The van der Waals surface area contributed by atoms with Crippen LogP contribution in [-0.2, 0) is 0 Å². The number of hydrogen-bond donors (Lipinski definition) is 1. The highest BCUT2D eigenvalue weighted by atomic mass is 16.5. The molecule has 0 radical (unpaired) electrons. The van der Waals surface area contributed by atoms with Gasteiger partial charge in [0.05, 0.1) is 6.61 Å². The standard InChI is InChI=1S/C17H19NO/c1-13-6-8-15(9-7-13)19-12-14-10-11-18-17-5-3-2-4-16(14)17/h2-9,14,18H,10-12H2,1H3. The number of benzene rings is 2. The van der Waals surface area contributed by atoms with E-state index in [-0.39, 0.29) is 0 Å². The molecule has 1 unspecified atom stereocenters. The number of rotatable bonds is 3. The van der Waals surface area contributed by atoms with E-state index in [1.807, 2.05) is 12.1 Å². The minimum absolute atomic E-state index is 0.485. The minimum Gasteiger partial charge on any atom is -0.493 e. The van der Waals surface area contributed by atoms with Gasteiger partial charge in [0.2, 0.25) is 0 Å². The quantitative estimate of drug-likeness (QED) is 0.893. The maximum Gasteiger partial charge on any atom is 0.119 e. The smallest absolute Gasteiger partial charge is 0.119 e. The Morgan fingerprint density at radius 1 is 1.11 bits per heavy atom. The summed E-state index contributed by atoms with van der Waals surface area (Å²) in [4.78, 5) is 0.